The number of carbonyl (C=O) groups excluding carboxylic acids is 3. The van der Waals surface area contributed by atoms with Crippen molar-refractivity contribution in [3.63, 3.8) is 0 Å². The summed E-state index contributed by atoms with van der Waals surface area (Å²) in [6, 6.07) is 10.4. The number of rotatable bonds is 8. The van der Waals surface area contributed by atoms with Gasteiger partial charge in [-0.3, -0.25) is 18.9 Å². The van der Waals surface area contributed by atoms with Crippen LogP contribution in [0.3, 0.4) is 0 Å². The first-order valence-corrected chi connectivity index (χ1v) is 16.7. The molecule has 2 atom stereocenters. The third-order valence-electron chi connectivity index (χ3n) is 7.37. The number of likely N-dealkylation sites (tertiary alicyclic amines) is 1. The molecule has 14 heteroatoms. The minimum atomic E-state index is -5.76. The van der Waals surface area contributed by atoms with Gasteiger partial charge in [0.1, 0.15) is 12.1 Å². The third kappa shape index (κ3) is 7.17. The van der Waals surface area contributed by atoms with Crippen LogP contribution in [-0.4, -0.2) is 63.0 Å². The molecule has 0 spiro atoms. The summed E-state index contributed by atoms with van der Waals surface area (Å²) < 4.78 is 41.2. The Morgan fingerprint density at radius 2 is 1.79 bits per heavy atom. The number of alkyl halides is 2. The van der Waals surface area contributed by atoms with Gasteiger partial charge in [-0.15, -0.1) is 11.3 Å². The zero-order valence-corrected chi connectivity index (χ0v) is 27.3. The number of nitrogens with zero attached hydrogens (tertiary/aromatic N) is 2. The van der Waals surface area contributed by atoms with Crippen LogP contribution in [0, 0.1) is 5.41 Å². The predicted molar refractivity (Wildman–Crippen MR) is 164 cm³/mol. The van der Waals surface area contributed by atoms with E-state index in [2.05, 4.69) is 21.2 Å². The molecule has 3 amide bonds. The van der Waals surface area contributed by atoms with Gasteiger partial charge in [0.05, 0.1) is 4.88 Å². The lowest BCUT2D eigenvalue weighted by atomic mass is 9.85. The standard InChI is InChI=1S/C29H33BrF2N3O6PS/c1-28(2,3)24(27(38)35-13-5-6-21(35)26(37)34(4)16-17-7-10-20(30)11-8-17)33-25(36)23-15-18-14-19(9-12-22(18)43-23)29(31,32)42(39,40)41/h7-12,14-15,21,24H,5-6,13,16H2,1-4H3,(H,33,36)(H2,39,40,41)/t21-,24+/m0/s1. The van der Waals surface area contributed by atoms with Gasteiger partial charge in [-0.1, -0.05) is 54.9 Å². The lowest BCUT2D eigenvalue weighted by Crippen LogP contribution is -2.57. The topological polar surface area (TPSA) is 127 Å². The Kier molecular flexibility index (Phi) is 9.54. The Bertz CT molecular complexity index is 1590. The molecule has 0 unspecified atom stereocenters. The number of carbonyl (C=O) groups is 3. The van der Waals surface area contributed by atoms with E-state index in [4.69, 9.17) is 9.79 Å². The molecule has 2 aromatic carbocycles. The molecule has 1 aromatic heterocycles. The van der Waals surface area contributed by atoms with Gasteiger partial charge in [0, 0.05) is 34.9 Å². The molecule has 0 saturated carbocycles. The van der Waals surface area contributed by atoms with Crippen molar-refractivity contribution in [2.24, 2.45) is 5.41 Å². The van der Waals surface area contributed by atoms with Gasteiger partial charge in [-0.05, 0) is 59.5 Å². The molecule has 3 N–H and O–H groups in total. The van der Waals surface area contributed by atoms with Crippen LogP contribution in [0.4, 0.5) is 8.78 Å². The van der Waals surface area contributed by atoms with Gasteiger partial charge in [0.2, 0.25) is 11.8 Å². The highest BCUT2D eigenvalue weighted by Gasteiger charge is 2.50. The zero-order chi connectivity index (χ0) is 31.9. The van der Waals surface area contributed by atoms with Gasteiger partial charge in [0.25, 0.3) is 5.91 Å². The van der Waals surface area contributed by atoms with Crippen LogP contribution < -0.4 is 5.32 Å². The largest absolute Gasteiger partial charge is 0.399 e. The third-order valence-corrected chi connectivity index (χ3v) is 10.0. The van der Waals surface area contributed by atoms with Crippen molar-refractivity contribution in [1.82, 2.24) is 15.1 Å². The molecule has 0 bridgehead atoms. The van der Waals surface area contributed by atoms with Gasteiger partial charge in [0.15, 0.2) is 0 Å². The first-order chi connectivity index (χ1) is 19.9. The van der Waals surface area contributed by atoms with E-state index in [9.17, 15) is 27.7 Å². The van der Waals surface area contributed by atoms with Gasteiger partial charge < -0.3 is 24.9 Å². The number of fused-ring (bicyclic) bond motifs is 1. The second-order valence-electron chi connectivity index (χ2n) is 11.7. The molecule has 1 saturated heterocycles. The Labute approximate surface area is 260 Å². The number of benzene rings is 2. The van der Waals surface area contributed by atoms with Crippen LogP contribution >= 0.6 is 34.9 Å². The number of halogens is 3. The fourth-order valence-electron chi connectivity index (χ4n) is 5.01. The summed E-state index contributed by atoms with van der Waals surface area (Å²) in [5.41, 5.74) is -5.04. The van der Waals surface area contributed by atoms with E-state index in [-0.39, 0.29) is 16.2 Å². The average molecular weight is 701 g/mol. The van der Waals surface area contributed by atoms with E-state index < -0.39 is 48.1 Å². The first-order valence-electron chi connectivity index (χ1n) is 13.5. The normalized spacial score (nSPS) is 16.8. The van der Waals surface area contributed by atoms with Crippen LogP contribution in [0.5, 0.6) is 0 Å². The van der Waals surface area contributed by atoms with Gasteiger partial charge >= 0.3 is 13.3 Å². The molecule has 1 aliphatic heterocycles. The number of thiophene rings is 1. The van der Waals surface area contributed by atoms with E-state index in [1.807, 2.05) is 24.3 Å². The average Bonchev–Trinajstić information content (AvgIpc) is 3.58. The minimum absolute atomic E-state index is 0.136. The summed E-state index contributed by atoms with van der Waals surface area (Å²) in [5, 5.41) is 3.00. The highest BCUT2D eigenvalue weighted by molar-refractivity contribution is 9.10. The van der Waals surface area contributed by atoms with Crippen molar-refractivity contribution >= 4 is 62.7 Å². The fourth-order valence-corrected chi connectivity index (χ4v) is 6.70. The van der Waals surface area contributed by atoms with Crippen molar-refractivity contribution in [3.8, 4) is 0 Å². The van der Waals surface area contributed by atoms with Gasteiger partial charge in [-0.2, -0.15) is 8.78 Å². The molecular formula is C29H33BrF2N3O6PS. The molecular weight excluding hydrogens is 667 g/mol. The number of hydrogen-bond donors (Lipinski definition) is 3. The summed E-state index contributed by atoms with van der Waals surface area (Å²) in [6.45, 7) is 6.12. The molecule has 43 heavy (non-hydrogen) atoms. The Hall–Kier alpha value is -2.70. The quantitative estimate of drug-likeness (QED) is 0.260. The number of nitrogens with one attached hydrogen (secondary N) is 1. The molecule has 232 valence electrons. The van der Waals surface area contributed by atoms with Crippen LogP contribution in [0.1, 0.15) is 54.4 Å². The summed E-state index contributed by atoms with van der Waals surface area (Å²) in [4.78, 5) is 62.1. The van der Waals surface area contributed by atoms with E-state index in [0.717, 1.165) is 33.5 Å². The molecule has 0 radical (unpaired) electrons. The maximum Gasteiger partial charge on any atom is 0.399 e. The monoisotopic (exact) mass is 699 g/mol. The Balaban J connectivity index is 1.52. The number of likely N-dealkylation sites (N-methyl/N-ethyl adjacent to an activating group) is 1. The molecule has 0 aliphatic carbocycles. The van der Waals surface area contributed by atoms with E-state index in [0.29, 0.717) is 30.6 Å². The maximum absolute atomic E-state index is 14.2. The SMILES string of the molecule is CN(Cc1ccc(Br)cc1)C(=O)[C@@H]1CCCN1C(=O)[C@@H](NC(=O)c1cc2cc(C(F)(F)P(=O)(O)O)ccc2s1)C(C)(C)C. The van der Waals surface area contributed by atoms with Crippen LogP contribution in [0.25, 0.3) is 10.1 Å². The van der Waals surface area contributed by atoms with Crippen LogP contribution in [0.2, 0.25) is 0 Å². The maximum atomic E-state index is 14.2. The minimum Gasteiger partial charge on any atom is -0.340 e. The Morgan fingerprint density at radius 3 is 2.40 bits per heavy atom. The predicted octanol–water partition coefficient (Wildman–Crippen LogP) is 5.68. The molecule has 4 rings (SSSR count). The summed E-state index contributed by atoms with van der Waals surface area (Å²) >= 11 is 4.40. The van der Waals surface area contributed by atoms with E-state index in [1.54, 1.807) is 32.7 Å². The van der Waals surface area contributed by atoms with Crippen molar-refractivity contribution in [3.05, 3.63) is 69.0 Å². The first kappa shape index (κ1) is 33.2. The molecule has 1 aliphatic rings. The van der Waals surface area contributed by atoms with E-state index >= 15 is 0 Å². The molecule has 2 heterocycles. The lowest BCUT2D eigenvalue weighted by Gasteiger charge is -2.36. The zero-order valence-electron chi connectivity index (χ0n) is 24.0. The smallest absolute Gasteiger partial charge is 0.340 e. The number of amides is 3. The second-order valence-corrected chi connectivity index (χ2v) is 15.4. The van der Waals surface area contributed by atoms with E-state index in [1.165, 1.54) is 17.0 Å². The Morgan fingerprint density at radius 1 is 1.14 bits per heavy atom. The fraction of sp³-hybridized carbons (Fsp3) is 0.414. The summed E-state index contributed by atoms with van der Waals surface area (Å²) in [5.74, 6) is -1.19. The van der Waals surface area contributed by atoms with Crippen LogP contribution in [0.15, 0.2) is 53.0 Å². The second kappa shape index (κ2) is 12.4. The molecule has 3 aromatic rings. The lowest BCUT2D eigenvalue weighted by molar-refractivity contribution is -0.145. The highest BCUT2D eigenvalue weighted by atomic mass is 79.9. The van der Waals surface area contributed by atoms with Crippen molar-refractivity contribution in [1.29, 1.82) is 0 Å². The highest BCUT2D eigenvalue weighted by Crippen LogP contribution is 2.59. The van der Waals surface area contributed by atoms with Crippen molar-refractivity contribution < 1.29 is 37.5 Å². The van der Waals surface area contributed by atoms with Gasteiger partial charge in [-0.25, -0.2) is 0 Å². The molecule has 1 fully saturated rings. The summed E-state index contributed by atoms with van der Waals surface area (Å²) in [6.07, 6.45) is 1.13. The van der Waals surface area contributed by atoms with Crippen LogP contribution in [-0.2, 0) is 26.4 Å². The van der Waals surface area contributed by atoms with Crippen molar-refractivity contribution in [2.45, 2.75) is 57.9 Å². The molecule has 9 nitrogen and oxygen atoms in total. The van der Waals surface area contributed by atoms with Crippen molar-refractivity contribution in [2.75, 3.05) is 13.6 Å². The summed E-state index contributed by atoms with van der Waals surface area (Å²) in [7, 11) is -4.07. The number of hydrogen-bond acceptors (Lipinski definition) is 5.